The number of fused-ring (bicyclic) bond motifs is 1. The molecule has 0 spiro atoms. The summed E-state index contributed by atoms with van der Waals surface area (Å²) in [7, 11) is 3.15. The van der Waals surface area contributed by atoms with Gasteiger partial charge in [0.05, 0.1) is 52.0 Å². The highest BCUT2D eigenvalue weighted by atomic mass is 16.5. The lowest BCUT2D eigenvalue weighted by Crippen LogP contribution is -2.32. The van der Waals surface area contributed by atoms with Crippen molar-refractivity contribution >= 4 is 22.6 Å². The molecule has 0 saturated carbocycles. The Morgan fingerprint density at radius 1 is 1.08 bits per heavy atom. The minimum absolute atomic E-state index is 0.216. The number of anilines is 1. The van der Waals surface area contributed by atoms with Gasteiger partial charge in [0, 0.05) is 30.1 Å². The molecule has 5 rings (SSSR count). The quantitative estimate of drug-likeness (QED) is 0.309. The second-order valence-corrected chi connectivity index (χ2v) is 8.79. The molecule has 0 aliphatic carbocycles. The summed E-state index contributed by atoms with van der Waals surface area (Å²) >= 11 is 0. The van der Waals surface area contributed by atoms with Crippen LogP contribution in [0.15, 0.2) is 48.9 Å². The third-order valence-electron chi connectivity index (χ3n) is 5.99. The molecule has 38 heavy (non-hydrogen) atoms. The molecule has 0 unspecified atom stereocenters. The predicted octanol–water partition coefficient (Wildman–Crippen LogP) is 4.32. The van der Waals surface area contributed by atoms with Crippen LogP contribution >= 0.6 is 0 Å². The normalized spacial score (nSPS) is 13.1. The number of nitrogens with one attached hydrogen (secondary N) is 1. The molecule has 0 radical (unpaired) electrons. The van der Waals surface area contributed by atoms with Crippen molar-refractivity contribution in [3.05, 3.63) is 54.6 Å². The van der Waals surface area contributed by atoms with Crippen LogP contribution in [0.1, 0.15) is 23.8 Å². The van der Waals surface area contributed by atoms with Crippen molar-refractivity contribution in [3.8, 4) is 28.7 Å². The van der Waals surface area contributed by atoms with E-state index in [-0.39, 0.29) is 5.69 Å². The number of nitrogens with zero attached hydrogens (tertiary/aromatic N) is 4. The maximum atomic E-state index is 13.0. The number of aromatic nitrogens is 4. The molecular formula is C27H29N5O6. The van der Waals surface area contributed by atoms with Gasteiger partial charge in [0.2, 0.25) is 0 Å². The van der Waals surface area contributed by atoms with Crippen LogP contribution in [-0.2, 0) is 11.3 Å². The molecule has 1 N–H and O–H groups in total. The topological polar surface area (TPSA) is 119 Å². The molecule has 1 aromatic carbocycles. The maximum Gasteiger partial charge on any atom is 0.281 e. The SMILES string of the molecule is CCCn1cc(OCC2COC2)c(C(=O)Nc2ccc(Oc3ccnc4cc(OC)c(OC)cc34)cn2)n1. The van der Waals surface area contributed by atoms with E-state index in [0.717, 1.165) is 11.8 Å². The standard InChI is InChI=1S/C27H29N5O6/c1-4-9-32-13-24(37-16-17-14-36-15-17)26(31-32)27(33)30-25-6-5-18(12-29-25)38-21-7-8-28-20-11-23(35-3)22(34-2)10-19(20)21/h5-8,10-13,17H,4,9,14-16H2,1-3H3,(H,29,30,33). The number of methoxy groups -OCH3 is 2. The number of carbonyl (C=O) groups is 1. The molecule has 1 amide bonds. The molecule has 3 aromatic heterocycles. The van der Waals surface area contributed by atoms with E-state index >= 15 is 0 Å². The number of aryl methyl sites for hydroxylation is 1. The second-order valence-electron chi connectivity index (χ2n) is 8.79. The van der Waals surface area contributed by atoms with Crippen molar-refractivity contribution < 1.29 is 28.5 Å². The number of ether oxygens (including phenoxy) is 5. The first-order valence-electron chi connectivity index (χ1n) is 12.3. The minimum Gasteiger partial charge on any atom is -0.493 e. The van der Waals surface area contributed by atoms with Gasteiger partial charge >= 0.3 is 0 Å². The molecule has 0 atom stereocenters. The van der Waals surface area contributed by atoms with E-state index in [1.807, 2.05) is 13.0 Å². The maximum absolute atomic E-state index is 13.0. The van der Waals surface area contributed by atoms with Crippen molar-refractivity contribution in [2.45, 2.75) is 19.9 Å². The van der Waals surface area contributed by atoms with Crippen molar-refractivity contribution in [2.24, 2.45) is 5.92 Å². The summed E-state index contributed by atoms with van der Waals surface area (Å²) in [5.41, 5.74) is 0.913. The van der Waals surface area contributed by atoms with Crippen LogP contribution in [0.3, 0.4) is 0 Å². The molecule has 4 heterocycles. The zero-order valence-corrected chi connectivity index (χ0v) is 21.5. The van der Waals surface area contributed by atoms with Gasteiger partial charge in [-0.1, -0.05) is 6.92 Å². The van der Waals surface area contributed by atoms with Gasteiger partial charge < -0.3 is 29.0 Å². The second kappa shape index (κ2) is 11.3. The highest BCUT2D eigenvalue weighted by molar-refractivity contribution is 6.04. The van der Waals surface area contributed by atoms with Gasteiger partial charge in [-0.15, -0.1) is 0 Å². The van der Waals surface area contributed by atoms with Crippen LogP contribution in [-0.4, -0.2) is 59.7 Å². The zero-order valence-electron chi connectivity index (χ0n) is 21.5. The predicted molar refractivity (Wildman–Crippen MR) is 139 cm³/mol. The van der Waals surface area contributed by atoms with Crippen LogP contribution in [0.2, 0.25) is 0 Å². The van der Waals surface area contributed by atoms with Crippen LogP contribution in [0.5, 0.6) is 28.7 Å². The zero-order chi connectivity index (χ0) is 26.5. The van der Waals surface area contributed by atoms with Crippen LogP contribution in [0.25, 0.3) is 10.9 Å². The molecule has 1 aliphatic heterocycles. The first-order chi connectivity index (χ1) is 18.6. The Balaban J connectivity index is 1.29. The fraction of sp³-hybridized carbons (Fsp3) is 0.333. The summed E-state index contributed by atoms with van der Waals surface area (Å²) in [4.78, 5) is 21.8. The van der Waals surface area contributed by atoms with Gasteiger partial charge in [0.15, 0.2) is 22.9 Å². The summed E-state index contributed by atoms with van der Waals surface area (Å²) in [5, 5.41) is 7.96. The lowest BCUT2D eigenvalue weighted by Gasteiger charge is -2.25. The number of amides is 1. The minimum atomic E-state index is -0.401. The van der Waals surface area contributed by atoms with E-state index in [9.17, 15) is 4.79 Å². The third-order valence-corrected chi connectivity index (χ3v) is 5.99. The van der Waals surface area contributed by atoms with Gasteiger partial charge in [-0.3, -0.25) is 14.5 Å². The molecule has 1 fully saturated rings. The fourth-order valence-corrected chi connectivity index (χ4v) is 3.95. The Kier molecular flexibility index (Phi) is 7.55. The van der Waals surface area contributed by atoms with Gasteiger partial charge in [0.1, 0.15) is 17.3 Å². The average Bonchev–Trinajstić information content (AvgIpc) is 3.31. The van der Waals surface area contributed by atoms with Crippen molar-refractivity contribution in [1.82, 2.24) is 19.7 Å². The number of hydrogen-bond donors (Lipinski definition) is 1. The molecule has 1 aliphatic rings. The highest BCUT2D eigenvalue weighted by Gasteiger charge is 2.23. The lowest BCUT2D eigenvalue weighted by atomic mass is 10.1. The van der Waals surface area contributed by atoms with E-state index in [1.165, 1.54) is 6.20 Å². The van der Waals surface area contributed by atoms with Crippen LogP contribution in [0.4, 0.5) is 5.82 Å². The average molecular weight is 520 g/mol. The number of pyridine rings is 2. The van der Waals surface area contributed by atoms with Gasteiger partial charge in [-0.25, -0.2) is 4.98 Å². The van der Waals surface area contributed by atoms with E-state index < -0.39 is 5.91 Å². The van der Waals surface area contributed by atoms with E-state index in [1.54, 1.807) is 55.6 Å². The molecule has 0 bridgehead atoms. The Morgan fingerprint density at radius 2 is 1.89 bits per heavy atom. The van der Waals surface area contributed by atoms with E-state index in [2.05, 4.69) is 20.4 Å². The summed E-state index contributed by atoms with van der Waals surface area (Å²) < 4.78 is 29.7. The molecule has 11 nitrogen and oxygen atoms in total. The fourth-order valence-electron chi connectivity index (χ4n) is 3.95. The number of carbonyl (C=O) groups excluding carboxylic acids is 1. The first kappa shape index (κ1) is 25.3. The molecular weight excluding hydrogens is 490 g/mol. The summed E-state index contributed by atoms with van der Waals surface area (Å²) in [6.07, 6.45) is 5.83. The smallest absolute Gasteiger partial charge is 0.281 e. The van der Waals surface area contributed by atoms with Crippen molar-refractivity contribution in [2.75, 3.05) is 39.4 Å². The molecule has 11 heteroatoms. The Hall–Kier alpha value is -4.38. The van der Waals surface area contributed by atoms with Crippen LogP contribution < -0.4 is 24.3 Å². The summed E-state index contributed by atoms with van der Waals surface area (Å²) in [6, 6.07) is 8.74. The summed E-state index contributed by atoms with van der Waals surface area (Å²) in [5.74, 6) is 2.95. The van der Waals surface area contributed by atoms with Gasteiger partial charge in [-0.05, 0) is 30.7 Å². The highest BCUT2D eigenvalue weighted by Crippen LogP contribution is 2.36. The van der Waals surface area contributed by atoms with Crippen LogP contribution in [0, 0.1) is 5.92 Å². The van der Waals surface area contributed by atoms with Crippen molar-refractivity contribution in [3.63, 3.8) is 0 Å². The monoisotopic (exact) mass is 519 g/mol. The van der Waals surface area contributed by atoms with Gasteiger partial charge in [0.25, 0.3) is 5.91 Å². The largest absolute Gasteiger partial charge is 0.493 e. The molecule has 198 valence electrons. The Bertz CT molecular complexity index is 1420. The number of hydrogen-bond acceptors (Lipinski definition) is 9. The Labute approximate surface area is 219 Å². The lowest BCUT2D eigenvalue weighted by molar-refractivity contribution is -0.0509. The van der Waals surface area contributed by atoms with Crippen molar-refractivity contribution in [1.29, 1.82) is 0 Å². The number of benzene rings is 1. The van der Waals surface area contributed by atoms with Gasteiger partial charge in [-0.2, -0.15) is 5.10 Å². The summed E-state index contributed by atoms with van der Waals surface area (Å²) in [6.45, 7) is 4.54. The third kappa shape index (κ3) is 5.47. The molecule has 1 saturated heterocycles. The van der Waals surface area contributed by atoms with E-state index in [0.29, 0.717) is 72.4 Å². The number of rotatable bonds is 11. The first-order valence-corrected chi connectivity index (χ1v) is 12.3. The Morgan fingerprint density at radius 3 is 2.58 bits per heavy atom. The van der Waals surface area contributed by atoms with E-state index in [4.69, 9.17) is 23.7 Å². The molecule has 4 aromatic rings.